The van der Waals surface area contributed by atoms with Crippen LogP contribution in [0.15, 0.2) is 0 Å². The Morgan fingerprint density at radius 2 is 1.00 bits per heavy atom. The van der Waals surface area contributed by atoms with E-state index >= 15 is 0 Å². The largest absolute Gasteiger partial charge is 1.00 e. The van der Waals surface area contributed by atoms with E-state index in [2.05, 4.69) is 49.7 Å². The molecule has 8 heavy (non-hydrogen) atoms. The Labute approximate surface area is 156 Å². The van der Waals surface area contributed by atoms with Crippen LogP contribution >= 0.6 is 24.4 Å². The fraction of sp³-hybridized carbons (Fsp3) is 0. The van der Waals surface area contributed by atoms with Gasteiger partial charge in [-0.25, -0.2) is 0 Å². The van der Waals surface area contributed by atoms with Crippen molar-refractivity contribution in [3.63, 3.8) is 0 Å². The van der Waals surface area contributed by atoms with Gasteiger partial charge in [-0.05, 0) is 0 Å². The van der Waals surface area contributed by atoms with Crippen LogP contribution in [0.2, 0.25) is 0 Å². The monoisotopic (exact) mass is 230 g/mol. The van der Waals surface area contributed by atoms with Gasteiger partial charge in [0.1, 0.15) is 0 Å². The van der Waals surface area contributed by atoms with Gasteiger partial charge in [-0.15, -0.1) is 8.39 Å². The molecule has 0 aromatic carbocycles. The second-order valence-electron chi connectivity index (χ2n) is 0.575. The molecule has 0 radical (unpaired) electrons. The van der Waals surface area contributed by atoms with Gasteiger partial charge in [-0.1, -0.05) is 0 Å². The van der Waals surface area contributed by atoms with Crippen LogP contribution in [-0.2, 0) is 25.3 Å². The van der Waals surface area contributed by atoms with Crippen LogP contribution in [0.4, 0.5) is 0 Å². The number of thiocarbonyl (C=S) groups is 2. The van der Waals surface area contributed by atoms with Crippen molar-refractivity contribution in [2.75, 3.05) is 0 Å². The molecule has 0 rings (SSSR count). The molecule has 0 nitrogen and oxygen atoms in total. The van der Waals surface area contributed by atoms with Gasteiger partial charge in [0.15, 0.2) is 0 Å². The molecule has 0 saturated carbocycles. The molecule has 0 aliphatic rings. The molecule has 0 aromatic heterocycles. The fourth-order valence-corrected chi connectivity index (χ4v) is 0. The van der Waals surface area contributed by atoms with Gasteiger partial charge in [0.25, 0.3) is 0 Å². The van der Waals surface area contributed by atoms with E-state index in [1.165, 1.54) is 0 Å². The summed E-state index contributed by atoms with van der Waals surface area (Å²) in [6, 6.07) is 0. The Bertz CT molecular complexity index is 78.0. The molecule has 0 heterocycles. The molecule has 0 aliphatic carbocycles. The van der Waals surface area contributed by atoms with E-state index in [4.69, 9.17) is 0 Å². The molecule has 0 spiro atoms. The first-order valence-electron chi connectivity index (χ1n) is 1.07. The first-order valence-corrected chi connectivity index (χ1v) is 2.70. The standard InChI is InChI=1S/C2H2S4.2K/c3-1(4)2(5)6;;/h(H,3,4)(H,5,6);;/q;2*+1/p-2. The Balaban J connectivity index is -0.000000125. The van der Waals surface area contributed by atoms with Crippen molar-refractivity contribution in [2.45, 2.75) is 0 Å². The summed E-state index contributed by atoms with van der Waals surface area (Å²) in [5.41, 5.74) is 0. The summed E-state index contributed by atoms with van der Waals surface area (Å²) in [5, 5.41) is 0. The summed E-state index contributed by atoms with van der Waals surface area (Å²) < 4.78 is 0.444. The molecule has 34 valence electrons. The topological polar surface area (TPSA) is 0 Å². The van der Waals surface area contributed by atoms with Crippen molar-refractivity contribution in [3.8, 4) is 0 Å². The van der Waals surface area contributed by atoms with Gasteiger partial charge in [0.2, 0.25) is 0 Å². The van der Waals surface area contributed by atoms with Crippen LogP contribution in [-0.4, -0.2) is 8.39 Å². The van der Waals surface area contributed by atoms with Crippen LogP contribution in [0.5, 0.6) is 0 Å². The van der Waals surface area contributed by atoms with Crippen molar-refractivity contribution in [1.82, 2.24) is 0 Å². The summed E-state index contributed by atoms with van der Waals surface area (Å²) in [5.74, 6) is 0. The van der Waals surface area contributed by atoms with Crippen LogP contribution < -0.4 is 103 Å². The molecule has 0 aromatic rings. The Hall–Kier alpha value is 3.89. The average Bonchev–Trinajstić information content (AvgIpc) is 1.36. The van der Waals surface area contributed by atoms with Crippen LogP contribution in [0.1, 0.15) is 0 Å². The maximum Gasteiger partial charge on any atom is 1.00 e. The van der Waals surface area contributed by atoms with E-state index in [-0.39, 0.29) is 111 Å². The van der Waals surface area contributed by atoms with Crippen molar-refractivity contribution in [2.24, 2.45) is 0 Å². The normalized spacial score (nSPS) is 5.50. The molecule has 0 unspecified atom stereocenters. The average molecular weight is 230 g/mol. The van der Waals surface area contributed by atoms with Gasteiger partial charge >= 0.3 is 103 Å². The third-order valence-electron chi connectivity index (χ3n) is 0.167. The molecule has 0 bridgehead atoms. The Morgan fingerprint density at radius 3 is 1.00 bits per heavy atom. The molecule has 0 N–H and O–H groups in total. The zero-order valence-corrected chi connectivity index (χ0v) is 14.1. The third kappa shape index (κ3) is 12.6. The minimum absolute atomic E-state index is 0. The molecule has 6 heteroatoms. The molecule has 0 atom stereocenters. The summed E-state index contributed by atoms with van der Waals surface area (Å²) in [6.07, 6.45) is 0. The van der Waals surface area contributed by atoms with Crippen LogP contribution in [0.25, 0.3) is 0 Å². The minimum atomic E-state index is 0. The van der Waals surface area contributed by atoms with E-state index < -0.39 is 0 Å². The van der Waals surface area contributed by atoms with Gasteiger partial charge < -0.3 is 49.7 Å². The second-order valence-corrected chi connectivity index (χ2v) is 2.72. The smallest absolute Gasteiger partial charge is 0.430 e. The molecule has 0 aliphatic heterocycles. The van der Waals surface area contributed by atoms with E-state index in [0.29, 0.717) is 0 Å². The summed E-state index contributed by atoms with van der Waals surface area (Å²) >= 11 is 17.6. The summed E-state index contributed by atoms with van der Waals surface area (Å²) in [6.45, 7) is 0. The SMILES string of the molecule is S=C([S-])C(=S)[S-].[K+].[K+]. The predicted molar refractivity (Wildman–Crippen MR) is 39.9 cm³/mol. The Kier molecular flexibility index (Phi) is 24.3. The quantitative estimate of drug-likeness (QED) is 0.251. The minimum Gasteiger partial charge on any atom is -0.430 e. The fourth-order valence-electron chi connectivity index (χ4n) is 0. The summed E-state index contributed by atoms with van der Waals surface area (Å²) in [7, 11) is 0. The van der Waals surface area contributed by atoms with Gasteiger partial charge in [-0.2, -0.15) is 0 Å². The van der Waals surface area contributed by atoms with E-state index in [0.717, 1.165) is 0 Å². The first kappa shape index (κ1) is 17.8. The first-order chi connectivity index (χ1) is 2.64. The van der Waals surface area contributed by atoms with Gasteiger partial charge in [0, 0.05) is 0 Å². The molecular weight excluding hydrogens is 230 g/mol. The van der Waals surface area contributed by atoms with Crippen LogP contribution in [0, 0.1) is 0 Å². The van der Waals surface area contributed by atoms with Crippen molar-refractivity contribution in [3.05, 3.63) is 0 Å². The molecule has 0 fully saturated rings. The molecular formula is C2K2S4. The second kappa shape index (κ2) is 10.9. The van der Waals surface area contributed by atoms with E-state index in [9.17, 15) is 0 Å². The Morgan fingerprint density at radius 1 is 0.875 bits per heavy atom. The van der Waals surface area contributed by atoms with Crippen LogP contribution in [0.3, 0.4) is 0 Å². The predicted octanol–water partition coefficient (Wildman–Crippen LogP) is -5.26. The zero-order chi connectivity index (χ0) is 5.15. The van der Waals surface area contributed by atoms with E-state index in [1.54, 1.807) is 0 Å². The maximum absolute atomic E-state index is 4.39. The third-order valence-corrected chi connectivity index (χ3v) is 1.50. The van der Waals surface area contributed by atoms with Crippen molar-refractivity contribution in [1.29, 1.82) is 0 Å². The van der Waals surface area contributed by atoms with Gasteiger partial charge in [-0.3, -0.25) is 0 Å². The molecule has 0 saturated heterocycles. The number of hydrogen-bond donors (Lipinski definition) is 0. The van der Waals surface area contributed by atoms with Crippen molar-refractivity contribution >= 4 is 58.1 Å². The molecule has 0 amide bonds. The van der Waals surface area contributed by atoms with E-state index in [1.807, 2.05) is 0 Å². The number of rotatable bonds is 1. The zero-order valence-electron chi connectivity index (χ0n) is 4.63. The van der Waals surface area contributed by atoms with Gasteiger partial charge in [0.05, 0.1) is 0 Å². The summed E-state index contributed by atoms with van der Waals surface area (Å²) in [4.78, 5) is 0. The van der Waals surface area contributed by atoms with Crippen molar-refractivity contribution < 1.29 is 103 Å². The number of hydrogen-bond acceptors (Lipinski definition) is 4. The maximum atomic E-state index is 4.39.